The topological polar surface area (TPSA) is 137 Å². The second-order valence-electron chi connectivity index (χ2n) is 11.1. The Kier molecular flexibility index (Phi) is 14.3. The van der Waals surface area contributed by atoms with Gasteiger partial charge in [-0.05, 0) is 43.6 Å². The molecule has 5 N–H and O–H groups in total. The number of alkyl carbamates (subject to hydrolysis) is 1. The van der Waals surface area contributed by atoms with E-state index in [0.717, 1.165) is 31.2 Å². The summed E-state index contributed by atoms with van der Waals surface area (Å²) in [7, 11) is 0. The second-order valence-corrected chi connectivity index (χ2v) is 11.1. The number of rotatable bonds is 15. The highest BCUT2D eigenvalue weighted by atomic mass is 16.5. The van der Waals surface area contributed by atoms with Crippen molar-refractivity contribution in [2.24, 2.45) is 11.8 Å². The Morgan fingerprint density at radius 1 is 0.923 bits per heavy atom. The minimum Gasteiger partial charge on any atom is -0.450 e. The molecule has 0 aromatic heterocycles. The van der Waals surface area contributed by atoms with Crippen molar-refractivity contribution in [1.29, 1.82) is 0 Å². The number of aliphatic hydroxyl groups is 2. The van der Waals surface area contributed by atoms with Crippen LogP contribution >= 0.6 is 0 Å². The van der Waals surface area contributed by atoms with Gasteiger partial charge in [0.1, 0.15) is 12.1 Å². The molecule has 0 spiro atoms. The van der Waals surface area contributed by atoms with Crippen LogP contribution in [-0.2, 0) is 20.7 Å². The number of nitrogens with one attached hydrogen (secondary N) is 3. The van der Waals surface area contributed by atoms with Gasteiger partial charge in [0.15, 0.2) is 0 Å². The van der Waals surface area contributed by atoms with Crippen LogP contribution in [0.4, 0.5) is 4.79 Å². The molecule has 1 aromatic carbocycles. The molecule has 1 fully saturated rings. The van der Waals surface area contributed by atoms with Crippen molar-refractivity contribution in [3.8, 4) is 0 Å². The maximum absolute atomic E-state index is 13.6. The Bertz CT molecular complexity index is 875. The SMILES string of the molecule is CCOC(=O)N[C@@H](Cc1ccccc1)C(=O)N[C@@H](CC(C)C)C(=O)N[C@@H](CC1CCCCC1)[C@@H](O)[C@@H](O)CC. The zero-order valence-corrected chi connectivity index (χ0v) is 24.0. The fraction of sp³-hybridized carbons (Fsp3) is 0.700. The average Bonchev–Trinajstić information content (AvgIpc) is 2.92. The minimum absolute atomic E-state index is 0.0922. The molecule has 0 unspecified atom stereocenters. The standard InChI is InChI=1S/C30H49N3O6/c1-5-26(34)27(35)23(18-21-13-9-7-10-14-21)31-28(36)24(17-20(3)4)32-29(37)25(33-30(38)39-6-2)19-22-15-11-8-12-16-22/h8,11-12,15-16,20-21,23-27,34-35H,5-7,9-10,13-14,17-19H2,1-4H3,(H,31,36)(H,32,37)(H,33,38)/t23-,24-,25-,26-,27+/m0/s1. The van der Waals surface area contributed by atoms with Crippen LogP contribution in [0, 0.1) is 11.8 Å². The van der Waals surface area contributed by atoms with Crippen LogP contribution in [-0.4, -0.2) is 65.1 Å². The van der Waals surface area contributed by atoms with Gasteiger partial charge in [0.25, 0.3) is 0 Å². The second kappa shape index (κ2) is 17.1. The molecule has 0 aliphatic heterocycles. The third-order valence-electron chi connectivity index (χ3n) is 7.37. The summed E-state index contributed by atoms with van der Waals surface area (Å²) in [6.07, 6.45) is 4.29. The van der Waals surface area contributed by atoms with E-state index in [2.05, 4.69) is 16.0 Å². The number of carbonyl (C=O) groups excluding carboxylic acids is 3. The first kappa shape index (κ1) is 32.6. The molecule has 5 atom stereocenters. The lowest BCUT2D eigenvalue weighted by Gasteiger charge is -2.33. The van der Waals surface area contributed by atoms with E-state index < -0.39 is 48.2 Å². The molecule has 9 nitrogen and oxygen atoms in total. The smallest absolute Gasteiger partial charge is 0.407 e. The number of hydrogen-bond acceptors (Lipinski definition) is 6. The van der Waals surface area contributed by atoms with Crippen molar-refractivity contribution in [2.45, 2.75) is 116 Å². The number of carbonyl (C=O) groups is 3. The van der Waals surface area contributed by atoms with Gasteiger partial charge < -0.3 is 30.9 Å². The molecule has 0 saturated heterocycles. The molecule has 39 heavy (non-hydrogen) atoms. The predicted octanol–water partition coefficient (Wildman–Crippen LogP) is 3.46. The minimum atomic E-state index is -1.10. The predicted molar refractivity (Wildman–Crippen MR) is 151 cm³/mol. The summed E-state index contributed by atoms with van der Waals surface area (Å²) in [6, 6.07) is 6.86. The fourth-order valence-corrected chi connectivity index (χ4v) is 5.21. The Balaban J connectivity index is 2.20. The summed E-state index contributed by atoms with van der Waals surface area (Å²) in [5.74, 6) is -0.444. The van der Waals surface area contributed by atoms with E-state index >= 15 is 0 Å². The van der Waals surface area contributed by atoms with E-state index in [-0.39, 0.29) is 18.9 Å². The van der Waals surface area contributed by atoms with Crippen LogP contribution in [0.5, 0.6) is 0 Å². The molecule has 3 amide bonds. The number of hydrogen-bond donors (Lipinski definition) is 5. The molecule has 0 heterocycles. The van der Waals surface area contributed by atoms with Crippen molar-refractivity contribution < 1.29 is 29.3 Å². The maximum Gasteiger partial charge on any atom is 0.407 e. The van der Waals surface area contributed by atoms with E-state index in [0.29, 0.717) is 25.2 Å². The monoisotopic (exact) mass is 547 g/mol. The first-order valence-electron chi connectivity index (χ1n) is 14.6. The average molecular weight is 548 g/mol. The molecule has 1 aliphatic rings. The largest absolute Gasteiger partial charge is 0.450 e. The van der Waals surface area contributed by atoms with E-state index in [9.17, 15) is 24.6 Å². The van der Waals surface area contributed by atoms with Crippen LogP contribution in [0.15, 0.2) is 30.3 Å². The van der Waals surface area contributed by atoms with Crippen LogP contribution in [0.2, 0.25) is 0 Å². The zero-order valence-electron chi connectivity index (χ0n) is 24.0. The molecule has 9 heteroatoms. The van der Waals surface area contributed by atoms with Gasteiger partial charge in [0.2, 0.25) is 11.8 Å². The first-order valence-corrected chi connectivity index (χ1v) is 14.6. The van der Waals surface area contributed by atoms with Gasteiger partial charge in [0.05, 0.1) is 24.9 Å². The van der Waals surface area contributed by atoms with Crippen molar-refractivity contribution in [1.82, 2.24) is 16.0 Å². The van der Waals surface area contributed by atoms with Crippen molar-refractivity contribution >= 4 is 17.9 Å². The number of aliphatic hydroxyl groups excluding tert-OH is 2. The Hall–Kier alpha value is -2.65. The van der Waals surface area contributed by atoms with Gasteiger partial charge in [-0.3, -0.25) is 9.59 Å². The van der Waals surface area contributed by atoms with Crippen LogP contribution in [0.1, 0.15) is 84.6 Å². The fourth-order valence-electron chi connectivity index (χ4n) is 5.21. The van der Waals surface area contributed by atoms with Crippen molar-refractivity contribution in [2.75, 3.05) is 6.61 Å². The lowest BCUT2D eigenvalue weighted by Crippen LogP contribution is -2.58. The number of benzene rings is 1. The zero-order chi connectivity index (χ0) is 28.8. The lowest BCUT2D eigenvalue weighted by atomic mass is 9.82. The highest BCUT2D eigenvalue weighted by Gasteiger charge is 2.33. The summed E-state index contributed by atoms with van der Waals surface area (Å²) in [4.78, 5) is 39.2. The molecular weight excluding hydrogens is 498 g/mol. The normalized spacial score (nSPS) is 17.9. The molecular formula is C30H49N3O6. The highest BCUT2D eigenvalue weighted by Crippen LogP contribution is 2.28. The number of ether oxygens (including phenoxy) is 1. The van der Waals surface area contributed by atoms with Crippen LogP contribution in [0.3, 0.4) is 0 Å². The van der Waals surface area contributed by atoms with Crippen LogP contribution < -0.4 is 16.0 Å². The summed E-state index contributed by atoms with van der Waals surface area (Å²) in [6.45, 7) is 7.55. The molecule has 0 radical (unpaired) electrons. The molecule has 2 rings (SSSR count). The third kappa shape index (κ3) is 11.5. The van der Waals surface area contributed by atoms with E-state index in [1.807, 2.05) is 44.2 Å². The Morgan fingerprint density at radius 2 is 1.56 bits per heavy atom. The van der Waals surface area contributed by atoms with Gasteiger partial charge in [-0.15, -0.1) is 0 Å². The van der Waals surface area contributed by atoms with Crippen molar-refractivity contribution in [3.63, 3.8) is 0 Å². The van der Waals surface area contributed by atoms with Gasteiger partial charge in [-0.1, -0.05) is 83.2 Å². The van der Waals surface area contributed by atoms with E-state index in [4.69, 9.17) is 4.74 Å². The molecule has 220 valence electrons. The Morgan fingerprint density at radius 3 is 2.15 bits per heavy atom. The first-order chi connectivity index (χ1) is 18.6. The summed E-state index contributed by atoms with van der Waals surface area (Å²) >= 11 is 0. The Labute approximate surface area is 233 Å². The molecule has 1 saturated carbocycles. The molecule has 0 bridgehead atoms. The highest BCUT2D eigenvalue weighted by molar-refractivity contribution is 5.91. The van der Waals surface area contributed by atoms with Gasteiger partial charge >= 0.3 is 6.09 Å². The maximum atomic E-state index is 13.6. The summed E-state index contributed by atoms with van der Waals surface area (Å²) < 4.78 is 5.00. The lowest BCUT2D eigenvalue weighted by molar-refractivity contribution is -0.131. The van der Waals surface area contributed by atoms with Gasteiger partial charge in [0, 0.05) is 6.42 Å². The van der Waals surface area contributed by atoms with E-state index in [1.165, 1.54) is 6.42 Å². The molecule has 1 aromatic rings. The van der Waals surface area contributed by atoms with E-state index in [1.54, 1.807) is 13.8 Å². The van der Waals surface area contributed by atoms with Gasteiger partial charge in [-0.2, -0.15) is 0 Å². The molecule has 1 aliphatic carbocycles. The van der Waals surface area contributed by atoms with Crippen molar-refractivity contribution in [3.05, 3.63) is 35.9 Å². The third-order valence-corrected chi connectivity index (χ3v) is 7.37. The van der Waals surface area contributed by atoms with Gasteiger partial charge in [-0.25, -0.2) is 4.79 Å². The summed E-state index contributed by atoms with van der Waals surface area (Å²) in [5, 5.41) is 29.7. The quantitative estimate of drug-likeness (QED) is 0.228. The van der Waals surface area contributed by atoms with Crippen LogP contribution in [0.25, 0.3) is 0 Å². The summed E-state index contributed by atoms with van der Waals surface area (Å²) in [5.41, 5.74) is 0.850. The number of amides is 3.